The standard InChI is InChI=1S/C23H43NO6/c1-3-4-5-6-7-8-9-10-11-12-13-14-15-16-19(26)24-20-22(28)21(27)18(17-25)30-23(20)29-2/h8-9,18,20-23,25,27-28H,3-7,10-17H2,1-2H3,(H,24,26). The SMILES string of the molecule is CCCCCCC=CCCCCCCCC(=O)NC1C(OC)OC(CO)C(O)C1O. The van der Waals surface area contributed by atoms with E-state index >= 15 is 0 Å². The smallest absolute Gasteiger partial charge is 0.220 e. The number of hydrogen-bond acceptors (Lipinski definition) is 6. The summed E-state index contributed by atoms with van der Waals surface area (Å²) in [5, 5.41) is 32.1. The van der Waals surface area contributed by atoms with E-state index in [4.69, 9.17) is 9.47 Å². The van der Waals surface area contributed by atoms with E-state index in [0.29, 0.717) is 6.42 Å². The van der Waals surface area contributed by atoms with E-state index in [1.807, 2.05) is 0 Å². The molecule has 5 unspecified atom stereocenters. The number of carbonyl (C=O) groups excluding carboxylic acids is 1. The fourth-order valence-electron chi connectivity index (χ4n) is 3.70. The first-order valence-corrected chi connectivity index (χ1v) is 11.6. The summed E-state index contributed by atoms with van der Waals surface area (Å²) in [5.41, 5.74) is 0. The fraction of sp³-hybridized carbons (Fsp3) is 0.870. The average molecular weight is 430 g/mol. The second-order valence-electron chi connectivity index (χ2n) is 8.16. The van der Waals surface area contributed by atoms with Crippen LogP contribution in [0.15, 0.2) is 12.2 Å². The number of allylic oxidation sites excluding steroid dienone is 2. The zero-order valence-corrected chi connectivity index (χ0v) is 18.8. The Hall–Kier alpha value is -0.990. The first-order valence-electron chi connectivity index (χ1n) is 11.6. The summed E-state index contributed by atoms with van der Waals surface area (Å²) in [5.74, 6) is -0.203. The maximum Gasteiger partial charge on any atom is 0.220 e. The van der Waals surface area contributed by atoms with Crippen molar-refractivity contribution in [2.75, 3.05) is 13.7 Å². The molecule has 0 aromatic heterocycles. The largest absolute Gasteiger partial charge is 0.394 e. The van der Waals surface area contributed by atoms with Crippen LogP contribution in [-0.2, 0) is 14.3 Å². The van der Waals surface area contributed by atoms with Gasteiger partial charge in [0.05, 0.1) is 6.61 Å². The van der Waals surface area contributed by atoms with Gasteiger partial charge in [-0.3, -0.25) is 4.79 Å². The van der Waals surface area contributed by atoms with E-state index in [2.05, 4.69) is 24.4 Å². The molecule has 1 aliphatic heterocycles. The van der Waals surface area contributed by atoms with Gasteiger partial charge in [-0.2, -0.15) is 0 Å². The molecule has 30 heavy (non-hydrogen) atoms. The molecule has 0 bridgehead atoms. The predicted octanol–water partition coefficient (Wildman–Crippen LogP) is 2.81. The van der Waals surface area contributed by atoms with Gasteiger partial charge in [-0.1, -0.05) is 57.6 Å². The summed E-state index contributed by atoms with van der Waals surface area (Å²) in [7, 11) is 1.39. The van der Waals surface area contributed by atoms with Crippen molar-refractivity contribution in [3.63, 3.8) is 0 Å². The summed E-state index contributed by atoms with van der Waals surface area (Å²) in [4.78, 5) is 12.2. The number of ether oxygens (including phenoxy) is 2. The van der Waals surface area contributed by atoms with Crippen LogP contribution in [0.2, 0.25) is 0 Å². The molecule has 176 valence electrons. The Morgan fingerprint density at radius 2 is 1.57 bits per heavy atom. The number of nitrogens with one attached hydrogen (secondary N) is 1. The third-order valence-electron chi connectivity index (χ3n) is 5.61. The zero-order chi connectivity index (χ0) is 22.2. The van der Waals surface area contributed by atoms with Crippen LogP contribution in [0.5, 0.6) is 0 Å². The van der Waals surface area contributed by atoms with Gasteiger partial charge in [0, 0.05) is 13.5 Å². The Bertz CT molecular complexity index is 471. The van der Waals surface area contributed by atoms with Crippen LogP contribution >= 0.6 is 0 Å². The van der Waals surface area contributed by atoms with Crippen LogP contribution in [0.4, 0.5) is 0 Å². The summed E-state index contributed by atoms with van der Waals surface area (Å²) < 4.78 is 10.6. The molecule has 1 heterocycles. The van der Waals surface area contributed by atoms with E-state index in [9.17, 15) is 20.1 Å². The summed E-state index contributed by atoms with van der Waals surface area (Å²) in [6.45, 7) is 1.79. The molecule has 0 aliphatic carbocycles. The highest BCUT2D eigenvalue weighted by molar-refractivity contribution is 5.76. The lowest BCUT2D eigenvalue weighted by Gasteiger charge is -2.41. The monoisotopic (exact) mass is 429 g/mol. The van der Waals surface area contributed by atoms with Gasteiger partial charge in [0.2, 0.25) is 5.91 Å². The van der Waals surface area contributed by atoms with Crippen LogP contribution in [0, 0.1) is 0 Å². The number of methoxy groups -OCH3 is 1. The molecule has 0 saturated carbocycles. The van der Waals surface area contributed by atoms with Crippen molar-refractivity contribution < 1.29 is 29.6 Å². The number of unbranched alkanes of at least 4 members (excludes halogenated alkanes) is 9. The lowest BCUT2D eigenvalue weighted by Crippen LogP contribution is -2.64. The van der Waals surface area contributed by atoms with E-state index < -0.39 is 37.3 Å². The van der Waals surface area contributed by atoms with Gasteiger partial charge in [-0.25, -0.2) is 0 Å². The fourth-order valence-corrected chi connectivity index (χ4v) is 3.70. The molecule has 5 atom stereocenters. The highest BCUT2D eigenvalue weighted by Crippen LogP contribution is 2.22. The first-order chi connectivity index (χ1) is 14.5. The molecule has 4 N–H and O–H groups in total. The van der Waals surface area contributed by atoms with Crippen LogP contribution in [0.1, 0.15) is 84.0 Å². The minimum Gasteiger partial charge on any atom is -0.394 e. The lowest BCUT2D eigenvalue weighted by molar-refractivity contribution is -0.262. The van der Waals surface area contributed by atoms with E-state index in [0.717, 1.165) is 32.1 Å². The third kappa shape index (κ3) is 10.4. The maximum atomic E-state index is 12.2. The first kappa shape index (κ1) is 27.0. The highest BCUT2D eigenvalue weighted by Gasteiger charge is 2.45. The molecule has 1 saturated heterocycles. The highest BCUT2D eigenvalue weighted by atomic mass is 16.7. The van der Waals surface area contributed by atoms with Gasteiger partial charge in [-0.05, 0) is 32.1 Å². The van der Waals surface area contributed by atoms with Gasteiger partial charge >= 0.3 is 0 Å². The summed E-state index contributed by atoms with van der Waals surface area (Å²) in [6.07, 6.45) is 13.3. The van der Waals surface area contributed by atoms with Crippen molar-refractivity contribution in [2.24, 2.45) is 0 Å². The van der Waals surface area contributed by atoms with Crippen molar-refractivity contribution >= 4 is 5.91 Å². The Morgan fingerprint density at radius 1 is 0.967 bits per heavy atom. The number of aliphatic hydroxyl groups is 3. The molecule has 7 heteroatoms. The van der Waals surface area contributed by atoms with Crippen LogP contribution in [0.3, 0.4) is 0 Å². The second-order valence-corrected chi connectivity index (χ2v) is 8.16. The molecular weight excluding hydrogens is 386 g/mol. The molecular formula is C23H43NO6. The topological polar surface area (TPSA) is 108 Å². The van der Waals surface area contributed by atoms with Crippen molar-refractivity contribution in [3.05, 3.63) is 12.2 Å². The van der Waals surface area contributed by atoms with Crippen molar-refractivity contribution in [2.45, 2.75) is 115 Å². The van der Waals surface area contributed by atoms with Gasteiger partial charge in [0.25, 0.3) is 0 Å². The maximum absolute atomic E-state index is 12.2. The van der Waals surface area contributed by atoms with Crippen LogP contribution in [0.25, 0.3) is 0 Å². The lowest BCUT2D eigenvalue weighted by atomic mass is 9.96. The van der Waals surface area contributed by atoms with Crippen molar-refractivity contribution in [1.82, 2.24) is 5.32 Å². The van der Waals surface area contributed by atoms with Crippen molar-refractivity contribution in [3.8, 4) is 0 Å². The van der Waals surface area contributed by atoms with E-state index in [1.54, 1.807) is 0 Å². The van der Waals surface area contributed by atoms with Gasteiger partial charge < -0.3 is 30.1 Å². The Labute approximate surface area is 181 Å². The number of aliphatic hydroxyl groups excluding tert-OH is 3. The molecule has 0 radical (unpaired) electrons. The molecule has 0 spiro atoms. The molecule has 0 aromatic carbocycles. The second kappa shape index (κ2) is 16.7. The minimum atomic E-state index is -1.28. The number of rotatable bonds is 16. The Balaban J connectivity index is 2.11. The molecule has 1 fully saturated rings. The molecule has 1 rings (SSSR count). The zero-order valence-electron chi connectivity index (χ0n) is 18.8. The molecule has 7 nitrogen and oxygen atoms in total. The summed E-state index contributed by atoms with van der Waals surface area (Å²) >= 11 is 0. The number of carbonyl (C=O) groups is 1. The third-order valence-corrected chi connectivity index (χ3v) is 5.61. The quantitative estimate of drug-likeness (QED) is 0.222. The predicted molar refractivity (Wildman–Crippen MR) is 117 cm³/mol. The summed E-state index contributed by atoms with van der Waals surface area (Å²) in [6, 6.07) is -0.867. The normalized spacial score (nSPS) is 26.9. The van der Waals surface area contributed by atoms with Gasteiger partial charge in [0.15, 0.2) is 6.29 Å². The molecule has 1 amide bonds. The Kier molecular flexibility index (Phi) is 15.0. The van der Waals surface area contributed by atoms with Gasteiger partial charge in [-0.15, -0.1) is 0 Å². The van der Waals surface area contributed by atoms with E-state index in [-0.39, 0.29) is 5.91 Å². The minimum absolute atomic E-state index is 0.203. The molecule has 0 aromatic rings. The number of amides is 1. The van der Waals surface area contributed by atoms with Crippen LogP contribution in [-0.4, -0.2) is 65.6 Å². The Morgan fingerprint density at radius 3 is 2.17 bits per heavy atom. The van der Waals surface area contributed by atoms with Crippen LogP contribution < -0.4 is 5.32 Å². The molecule has 1 aliphatic rings. The van der Waals surface area contributed by atoms with E-state index in [1.165, 1.54) is 45.6 Å². The number of hydrogen-bond donors (Lipinski definition) is 4. The van der Waals surface area contributed by atoms with Crippen molar-refractivity contribution in [1.29, 1.82) is 0 Å². The average Bonchev–Trinajstić information content (AvgIpc) is 2.75. The van der Waals surface area contributed by atoms with Gasteiger partial charge in [0.1, 0.15) is 24.4 Å².